The molecular weight excluding hydrogens is 318 g/mol. The molecular formula is C22H36LiOP. The molecule has 0 saturated heterocycles. The first kappa shape index (κ1) is 23.0. The Hall–Kier alpha value is -0.0826. The maximum atomic E-state index is 13.3. The van der Waals surface area contributed by atoms with Crippen LogP contribution < -0.4 is 18.9 Å². The zero-order valence-corrected chi connectivity index (χ0v) is 18.4. The molecule has 0 heterocycles. The van der Waals surface area contributed by atoms with Crippen LogP contribution in [0.5, 0.6) is 0 Å². The Bertz CT molecular complexity index is 549. The Labute approximate surface area is 170 Å². The normalized spacial score (nSPS) is 16.2. The second-order valence-corrected chi connectivity index (χ2v) is 9.91. The first-order valence-electron chi connectivity index (χ1n) is 9.79. The summed E-state index contributed by atoms with van der Waals surface area (Å²) in [4.78, 5) is 13.3. The second kappa shape index (κ2) is 10.3. The third kappa shape index (κ3) is 5.96. The van der Waals surface area contributed by atoms with Crippen molar-refractivity contribution in [2.24, 2.45) is 0 Å². The number of hydrogen-bond donors (Lipinski definition) is 0. The molecule has 1 atom stereocenters. The average molecular weight is 354 g/mol. The Morgan fingerprint density at radius 3 is 1.80 bits per heavy atom. The van der Waals surface area contributed by atoms with Gasteiger partial charge >= 0.3 is 18.9 Å². The summed E-state index contributed by atoms with van der Waals surface area (Å²) >= 11 is 0. The molecule has 1 saturated carbocycles. The van der Waals surface area contributed by atoms with Crippen molar-refractivity contribution in [2.45, 2.75) is 97.1 Å². The molecule has 1 aromatic rings. The van der Waals surface area contributed by atoms with Gasteiger partial charge in [-0.1, -0.05) is 72.9 Å². The van der Waals surface area contributed by atoms with Gasteiger partial charge in [0.2, 0.25) is 0 Å². The third-order valence-electron chi connectivity index (χ3n) is 5.30. The largest absolute Gasteiger partial charge is 1.00 e. The van der Waals surface area contributed by atoms with Gasteiger partial charge in [0, 0.05) is 5.56 Å². The molecule has 0 aromatic heterocycles. The smallest absolute Gasteiger partial charge is 1.00 e. The van der Waals surface area contributed by atoms with E-state index in [1.54, 1.807) is 0 Å². The van der Waals surface area contributed by atoms with Crippen LogP contribution in [-0.4, -0.2) is 11.2 Å². The van der Waals surface area contributed by atoms with Crippen LogP contribution in [0.4, 0.5) is 0 Å². The summed E-state index contributed by atoms with van der Waals surface area (Å²) in [6.45, 7) is 13.4. The fraction of sp³-hybridized carbons (Fsp3) is 0.682. The Morgan fingerprint density at radius 1 is 0.920 bits per heavy atom. The molecule has 0 amide bonds. The summed E-state index contributed by atoms with van der Waals surface area (Å²) in [6, 6.07) is 4.61. The van der Waals surface area contributed by atoms with Crippen molar-refractivity contribution >= 4 is 14.1 Å². The van der Waals surface area contributed by atoms with E-state index in [1.165, 1.54) is 48.8 Å². The molecule has 1 aromatic carbocycles. The molecule has 1 unspecified atom stereocenters. The maximum absolute atomic E-state index is 13.3. The molecule has 1 aliphatic carbocycles. The minimum Gasteiger partial charge on any atom is -1.00 e. The molecule has 1 aliphatic rings. The molecule has 0 N–H and O–H groups in total. The SMILES string of the molecule is CC(C)c1cc(C(C)C)c(C(=O)PC2CCCCC2)c(C(C)C)c1.[H-].[Li+]. The van der Waals surface area contributed by atoms with Crippen molar-refractivity contribution in [3.63, 3.8) is 0 Å². The van der Waals surface area contributed by atoms with E-state index in [1.807, 2.05) is 0 Å². The molecule has 136 valence electrons. The van der Waals surface area contributed by atoms with Crippen molar-refractivity contribution in [3.8, 4) is 0 Å². The van der Waals surface area contributed by atoms with Crippen molar-refractivity contribution < 1.29 is 25.1 Å². The van der Waals surface area contributed by atoms with Gasteiger partial charge in [0.15, 0.2) is 5.52 Å². The Balaban J connectivity index is 0.00000312. The average Bonchev–Trinajstić information content (AvgIpc) is 2.54. The van der Waals surface area contributed by atoms with Crippen LogP contribution in [0, 0.1) is 0 Å². The van der Waals surface area contributed by atoms with Gasteiger partial charge in [0.05, 0.1) is 0 Å². The van der Waals surface area contributed by atoms with Crippen LogP contribution in [0.25, 0.3) is 0 Å². The van der Waals surface area contributed by atoms with E-state index in [0.29, 0.717) is 37.5 Å². The van der Waals surface area contributed by atoms with Crippen molar-refractivity contribution in [2.75, 3.05) is 0 Å². The van der Waals surface area contributed by atoms with Gasteiger partial charge in [0.25, 0.3) is 0 Å². The van der Waals surface area contributed by atoms with E-state index in [9.17, 15) is 4.79 Å². The minimum atomic E-state index is 0. The first-order chi connectivity index (χ1) is 11.3. The zero-order valence-electron chi connectivity index (χ0n) is 18.4. The van der Waals surface area contributed by atoms with Crippen molar-refractivity contribution in [3.05, 3.63) is 34.4 Å². The molecule has 25 heavy (non-hydrogen) atoms. The quantitative estimate of drug-likeness (QED) is 0.549. The molecule has 0 radical (unpaired) electrons. The van der Waals surface area contributed by atoms with Crippen LogP contribution in [0.2, 0.25) is 0 Å². The predicted molar refractivity (Wildman–Crippen MR) is 109 cm³/mol. The summed E-state index contributed by atoms with van der Waals surface area (Å²) in [5, 5.41) is 0. The van der Waals surface area contributed by atoms with Gasteiger partial charge in [-0.15, -0.1) is 0 Å². The van der Waals surface area contributed by atoms with Crippen LogP contribution in [0.15, 0.2) is 12.1 Å². The van der Waals surface area contributed by atoms with Crippen LogP contribution >= 0.6 is 8.58 Å². The van der Waals surface area contributed by atoms with E-state index < -0.39 is 0 Å². The van der Waals surface area contributed by atoms with Gasteiger partial charge in [0.1, 0.15) is 0 Å². The summed E-state index contributed by atoms with van der Waals surface area (Å²) in [5.74, 6) is 1.30. The van der Waals surface area contributed by atoms with Gasteiger partial charge in [-0.05, 0) is 61.5 Å². The molecule has 0 spiro atoms. The number of hydrogen-bond acceptors (Lipinski definition) is 1. The van der Waals surface area contributed by atoms with E-state index in [0.717, 1.165) is 5.56 Å². The van der Waals surface area contributed by atoms with Crippen molar-refractivity contribution in [1.82, 2.24) is 0 Å². The molecule has 1 nitrogen and oxygen atoms in total. The van der Waals surface area contributed by atoms with Crippen molar-refractivity contribution in [1.29, 1.82) is 0 Å². The van der Waals surface area contributed by atoms with Gasteiger partial charge in [-0.25, -0.2) is 0 Å². The minimum absolute atomic E-state index is 0. The standard InChI is InChI=1S/C22H35OP.Li.H/c1-14(2)17-12-19(15(3)4)21(20(13-17)16(5)6)22(23)24-18-10-8-7-9-11-18;;/h12-16,18,24H,7-11H2,1-6H3;;/q;+1;-1. The van der Waals surface area contributed by atoms with E-state index in [2.05, 4.69) is 53.7 Å². The fourth-order valence-corrected chi connectivity index (χ4v) is 5.22. The van der Waals surface area contributed by atoms with Crippen LogP contribution in [-0.2, 0) is 0 Å². The van der Waals surface area contributed by atoms with Crippen LogP contribution in [0.1, 0.15) is 120 Å². The monoisotopic (exact) mass is 354 g/mol. The summed E-state index contributed by atoms with van der Waals surface area (Å²) in [6.07, 6.45) is 6.48. The predicted octanol–water partition coefficient (Wildman–Crippen LogP) is 4.32. The zero-order chi connectivity index (χ0) is 17.9. The molecule has 3 heteroatoms. The molecule has 0 aliphatic heterocycles. The summed E-state index contributed by atoms with van der Waals surface area (Å²) < 4.78 is 0. The Morgan fingerprint density at radius 2 is 1.40 bits per heavy atom. The van der Waals surface area contributed by atoms with E-state index in [-0.39, 0.29) is 20.3 Å². The van der Waals surface area contributed by atoms with E-state index in [4.69, 9.17) is 0 Å². The summed E-state index contributed by atoms with van der Waals surface area (Å²) in [7, 11) is 0.463. The van der Waals surface area contributed by atoms with Crippen LogP contribution in [0.3, 0.4) is 0 Å². The number of carbonyl (C=O) groups is 1. The number of rotatable bonds is 6. The first-order valence-corrected chi connectivity index (χ1v) is 10.9. The fourth-order valence-electron chi connectivity index (χ4n) is 3.72. The van der Waals surface area contributed by atoms with Gasteiger partial charge in [-0.2, -0.15) is 0 Å². The topological polar surface area (TPSA) is 17.1 Å². The Kier molecular flexibility index (Phi) is 9.46. The molecule has 2 rings (SSSR count). The number of carbonyl (C=O) groups excluding carboxylic acids is 1. The van der Waals surface area contributed by atoms with E-state index >= 15 is 0 Å². The second-order valence-electron chi connectivity index (χ2n) is 8.35. The third-order valence-corrected chi connectivity index (χ3v) is 6.80. The van der Waals surface area contributed by atoms with Gasteiger partial charge in [-0.3, -0.25) is 4.79 Å². The number of benzene rings is 1. The molecule has 1 fully saturated rings. The maximum Gasteiger partial charge on any atom is 1.00 e. The van der Waals surface area contributed by atoms with Gasteiger partial charge < -0.3 is 1.43 Å². The molecule has 0 bridgehead atoms. The summed E-state index contributed by atoms with van der Waals surface area (Å²) in [5.41, 5.74) is 6.05.